The minimum atomic E-state index is -0.709. The minimum absolute atomic E-state index is 0.130. The monoisotopic (exact) mass is 486 g/mol. The zero-order valence-electron chi connectivity index (χ0n) is 20.0. The molecular formula is C27H24F2N6O. The van der Waals surface area contributed by atoms with Gasteiger partial charge in [0.25, 0.3) is 5.91 Å². The maximum Gasteiger partial charge on any atom is 0.284 e. The standard InChI is InChI=1S/C27H24F2N6O/c1-15(2)14-35-25-20(32-27(35)24(30)36)13-12-19(31-25)23-22(16-8-5-4-6-9-16)33-26(34(23)3)21-17(28)10-7-11-18(21)29/h4-13,15H,14H2,1-3H3,(H2,30,36). The molecule has 7 nitrogen and oxygen atoms in total. The normalized spacial score (nSPS) is 11.5. The Bertz CT molecular complexity index is 1580. The summed E-state index contributed by atoms with van der Waals surface area (Å²) >= 11 is 0. The van der Waals surface area contributed by atoms with E-state index in [2.05, 4.69) is 9.97 Å². The highest BCUT2D eigenvalue weighted by Crippen LogP contribution is 2.36. The molecule has 0 spiro atoms. The summed E-state index contributed by atoms with van der Waals surface area (Å²) in [5.74, 6) is -1.59. The number of fused-ring (bicyclic) bond motifs is 1. The molecule has 0 aliphatic heterocycles. The van der Waals surface area contributed by atoms with Gasteiger partial charge in [-0.05, 0) is 30.2 Å². The predicted molar refractivity (Wildman–Crippen MR) is 134 cm³/mol. The van der Waals surface area contributed by atoms with Crippen LogP contribution in [0.3, 0.4) is 0 Å². The quantitative estimate of drug-likeness (QED) is 0.357. The van der Waals surface area contributed by atoms with Crippen molar-refractivity contribution in [1.29, 1.82) is 0 Å². The second-order valence-corrected chi connectivity index (χ2v) is 9.00. The van der Waals surface area contributed by atoms with E-state index >= 15 is 0 Å². The Morgan fingerprint density at radius 3 is 2.28 bits per heavy atom. The molecule has 3 heterocycles. The van der Waals surface area contributed by atoms with Crippen LogP contribution in [0.5, 0.6) is 0 Å². The van der Waals surface area contributed by atoms with Gasteiger partial charge in [0.15, 0.2) is 5.65 Å². The van der Waals surface area contributed by atoms with E-state index in [4.69, 9.17) is 10.7 Å². The van der Waals surface area contributed by atoms with Crippen LogP contribution in [0.2, 0.25) is 0 Å². The molecule has 0 bridgehead atoms. The van der Waals surface area contributed by atoms with Crippen LogP contribution in [0.25, 0.3) is 45.2 Å². The van der Waals surface area contributed by atoms with E-state index in [1.807, 2.05) is 44.2 Å². The number of primary amides is 1. The number of nitrogens with zero attached hydrogens (tertiary/aromatic N) is 5. The Morgan fingerprint density at radius 2 is 1.64 bits per heavy atom. The van der Waals surface area contributed by atoms with Crippen molar-refractivity contribution in [3.8, 4) is 34.0 Å². The van der Waals surface area contributed by atoms with Gasteiger partial charge >= 0.3 is 0 Å². The minimum Gasteiger partial charge on any atom is -0.363 e. The number of hydrogen-bond donors (Lipinski definition) is 1. The van der Waals surface area contributed by atoms with E-state index in [0.717, 1.165) is 5.56 Å². The molecule has 5 aromatic rings. The largest absolute Gasteiger partial charge is 0.363 e. The lowest BCUT2D eigenvalue weighted by Gasteiger charge is -2.11. The third-order valence-electron chi connectivity index (χ3n) is 5.93. The molecule has 0 unspecified atom stereocenters. The highest BCUT2D eigenvalue weighted by molar-refractivity contribution is 5.93. The molecule has 5 rings (SSSR count). The molecule has 2 N–H and O–H groups in total. The van der Waals surface area contributed by atoms with Crippen LogP contribution in [0, 0.1) is 17.6 Å². The number of aromatic nitrogens is 5. The molecule has 3 aromatic heterocycles. The lowest BCUT2D eigenvalue weighted by molar-refractivity contribution is 0.0986. The Hall–Kier alpha value is -4.40. The molecule has 0 aliphatic rings. The van der Waals surface area contributed by atoms with Gasteiger partial charge in [0, 0.05) is 19.2 Å². The van der Waals surface area contributed by atoms with Crippen LogP contribution in [-0.4, -0.2) is 30.0 Å². The van der Waals surface area contributed by atoms with Gasteiger partial charge in [0.05, 0.1) is 22.6 Å². The first-order chi connectivity index (χ1) is 17.3. The average Bonchev–Trinajstić information content (AvgIpc) is 3.37. The second kappa shape index (κ2) is 8.99. The first-order valence-electron chi connectivity index (χ1n) is 11.5. The fraction of sp³-hybridized carbons (Fsp3) is 0.185. The Kier molecular flexibility index (Phi) is 5.83. The third-order valence-corrected chi connectivity index (χ3v) is 5.93. The van der Waals surface area contributed by atoms with E-state index in [9.17, 15) is 13.6 Å². The fourth-order valence-electron chi connectivity index (χ4n) is 4.38. The second-order valence-electron chi connectivity index (χ2n) is 9.00. The van der Waals surface area contributed by atoms with Crippen molar-refractivity contribution in [2.24, 2.45) is 18.7 Å². The maximum absolute atomic E-state index is 14.8. The van der Waals surface area contributed by atoms with Crippen molar-refractivity contribution in [3.05, 3.63) is 78.1 Å². The molecule has 2 aromatic carbocycles. The zero-order chi connectivity index (χ0) is 25.6. The smallest absolute Gasteiger partial charge is 0.284 e. The molecular weight excluding hydrogens is 462 g/mol. The number of pyridine rings is 1. The van der Waals surface area contributed by atoms with Gasteiger partial charge in [-0.3, -0.25) is 4.79 Å². The summed E-state index contributed by atoms with van der Waals surface area (Å²) in [6, 6.07) is 16.6. The summed E-state index contributed by atoms with van der Waals surface area (Å²) in [7, 11) is 1.70. The van der Waals surface area contributed by atoms with E-state index in [1.54, 1.807) is 28.3 Å². The van der Waals surface area contributed by atoms with E-state index < -0.39 is 17.5 Å². The van der Waals surface area contributed by atoms with Crippen LogP contribution in [0.1, 0.15) is 24.5 Å². The van der Waals surface area contributed by atoms with E-state index in [0.29, 0.717) is 34.8 Å². The van der Waals surface area contributed by atoms with Crippen molar-refractivity contribution in [2.45, 2.75) is 20.4 Å². The summed E-state index contributed by atoms with van der Waals surface area (Å²) in [6.07, 6.45) is 0. The van der Waals surface area contributed by atoms with Crippen LogP contribution in [0.15, 0.2) is 60.7 Å². The molecule has 0 saturated heterocycles. The van der Waals surface area contributed by atoms with Gasteiger partial charge in [-0.2, -0.15) is 0 Å². The number of carbonyl (C=O) groups is 1. The summed E-state index contributed by atoms with van der Waals surface area (Å²) in [5.41, 5.74) is 8.76. The molecule has 36 heavy (non-hydrogen) atoms. The predicted octanol–water partition coefficient (Wildman–Crippen LogP) is 5.20. The molecule has 1 amide bonds. The molecule has 0 atom stereocenters. The van der Waals surface area contributed by atoms with Crippen LogP contribution < -0.4 is 5.73 Å². The molecule has 0 radical (unpaired) electrons. The molecule has 0 saturated carbocycles. The highest BCUT2D eigenvalue weighted by Gasteiger charge is 2.25. The van der Waals surface area contributed by atoms with Gasteiger partial charge in [-0.25, -0.2) is 23.7 Å². The summed E-state index contributed by atoms with van der Waals surface area (Å²) in [6.45, 7) is 4.53. The maximum atomic E-state index is 14.8. The number of nitrogens with two attached hydrogens (primary N) is 1. The van der Waals surface area contributed by atoms with Crippen molar-refractivity contribution >= 4 is 17.1 Å². The number of carbonyl (C=O) groups excluding carboxylic acids is 1. The van der Waals surface area contributed by atoms with Gasteiger partial charge in [0.2, 0.25) is 5.82 Å². The highest BCUT2D eigenvalue weighted by atomic mass is 19.1. The lowest BCUT2D eigenvalue weighted by atomic mass is 10.1. The van der Waals surface area contributed by atoms with Crippen LogP contribution in [0.4, 0.5) is 8.78 Å². The van der Waals surface area contributed by atoms with Crippen molar-refractivity contribution in [2.75, 3.05) is 0 Å². The van der Waals surface area contributed by atoms with Crippen molar-refractivity contribution < 1.29 is 13.6 Å². The van der Waals surface area contributed by atoms with E-state index in [-0.39, 0.29) is 23.1 Å². The Morgan fingerprint density at radius 1 is 0.944 bits per heavy atom. The number of amides is 1. The van der Waals surface area contributed by atoms with Gasteiger partial charge < -0.3 is 14.9 Å². The summed E-state index contributed by atoms with van der Waals surface area (Å²) < 4.78 is 32.9. The lowest BCUT2D eigenvalue weighted by Crippen LogP contribution is -2.20. The molecule has 0 fully saturated rings. The number of halogens is 2. The van der Waals surface area contributed by atoms with Crippen molar-refractivity contribution in [3.63, 3.8) is 0 Å². The fourth-order valence-corrected chi connectivity index (χ4v) is 4.38. The molecule has 182 valence electrons. The Labute approximate surface area is 206 Å². The number of imidazole rings is 2. The number of rotatable bonds is 6. The van der Waals surface area contributed by atoms with E-state index in [1.165, 1.54) is 18.2 Å². The average molecular weight is 487 g/mol. The van der Waals surface area contributed by atoms with Gasteiger partial charge in [0.1, 0.15) is 23.0 Å². The SMILES string of the molecule is CC(C)Cn1c(C(N)=O)nc2ccc(-c3c(-c4ccccc4)nc(-c4c(F)cccc4F)n3C)nc21. The number of hydrogen-bond acceptors (Lipinski definition) is 4. The summed E-state index contributed by atoms with van der Waals surface area (Å²) in [4.78, 5) is 26.0. The van der Waals surface area contributed by atoms with Crippen LogP contribution >= 0.6 is 0 Å². The zero-order valence-corrected chi connectivity index (χ0v) is 20.0. The topological polar surface area (TPSA) is 91.6 Å². The first kappa shape index (κ1) is 23.3. The summed E-state index contributed by atoms with van der Waals surface area (Å²) in [5, 5.41) is 0. The number of benzene rings is 2. The van der Waals surface area contributed by atoms with Crippen LogP contribution in [-0.2, 0) is 13.6 Å². The molecule has 9 heteroatoms. The first-order valence-corrected chi connectivity index (χ1v) is 11.5. The Balaban J connectivity index is 1.80. The van der Waals surface area contributed by atoms with Gasteiger partial charge in [-0.1, -0.05) is 50.2 Å². The third kappa shape index (κ3) is 3.92. The van der Waals surface area contributed by atoms with Crippen molar-refractivity contribution in [1.82, 2.24) is 24.1 Å². The van der Waals surface area contributed by atoms with Gasteiger partial charge in [-0.15, -0.1) is 0 Å². The molecule has 0 aliphatic carbocycles.